The molecule has 2 N–H and O–H groups in total. The minimum atomic E-state index is 0.0401. The first-order valence-electron chi connectivity index (χ1n) is 11.7. The molecule has 0 bridgehead atoms. The van der Waals surface area contributed by atoms with Gasteiger partial charge in [0.2, 0.25) is 0 Å². The van der Waals surface area contributed by atoms with Crippen molar-refractivity contribution in [3.8, 4) is 0 Å². The summed E-state index contributed by atoms with van der Waals surface area (Å²) in [6.45, 7) is 2.26. The molecule has 1 aliphatic carbocycles. The van der Waals surface area contributed by atoms with Crippen LogP contribution in [-0.4, -0.2) is 24.5 Å². The smallest absolute Gasteiger partial charge is 0.158 e. The van der Waals surface area contributed by atoms with Gasteiger partial charge in [-0.1, -0.05) is 69.8 Å². The lowest BCUT2D eigenvalue weighted by Crippen LogP contribution is -2.20. The van der Waals surface area contributed by atoms with E-state index in [1.165, 1.54) is 70.6 Å². The maximum absolute atomic E-state index is 5.97. The second-order valence-electron chi connectivity index (χ2n) is 8.38. The van der Waals surface area contributed by atoms with Crippen LogP contribution in [0.15, 0.2) is 24.3 Å². The Bertz CT molecular complexity index is 407. The Morgan fingerprint density at radius 2 is 1.30 bits per heavy atom. The molecule has 0 aromatic rings. The van der Waals surface area contributed by atoms with Gasteiger partial charge in [-0.15, -0.1) is 0 Å². The quantitative estimate of drug-likeness (QED) is 0.264. The van der Waals surface area contributed by atoms with Gasteiger partial charge in [0.1, 0.15) is 0 Å². The van der Waals surface area contributed by atoms with Crippen molar-refractivity contribution in [1.82, 2.24) is 0 Å². The fourth-order valence-electron chi connectivity index (χ4n) is 4.14. The van der Waals surface area contributed by atoms with Crippen molar-refractivity contribution in [2.45, 2.75) is 128 Å². The van der Waals surface area contributed by atoms with Gasteiger partial charge in [0, 0.05) is 6.04 Å². The number of nitrogens with two attached hydrogens (primary N) is 1. The van der Waals surface area contributed by atoms with Crippen LogP contribution in [0.1, 0.15) is 103 Å². The van der Waals surface area contributed by atoms with E-state index in [1.807, 2.05) is 0 Å². The molecule has 3 nitrogen and oxygen atoms in total. The normalized spacial score (nSPS) is 27.9. The standard InChI is InChI=1S/C24H43NO2/c1-2-3-4-5-6-7-8-9-10-11-12-13-14-15-16-17-18-24-26-22-19-21(25)20-23(22)27-24/h6-7,9-10,21-24H,2-5,8,11-20,25H2,1H3/b7-6-,10-9-. The first-order valence-corrected chi connectivity index (χ1v) is 11.7. The minimum absolute atomic E-state index is 0.0401. The molecule has 0 radical (unpaired) electrons. The van der Waals surface area contributed by atoms with Crippen LogP contribution < -0.4 is 5.73 Å². The lowest BCUT2D eigenvalue weighted by molar-refractivity contribution is -0.0787. The summed E-state index contributed by atoms with van der Waals surface area (Å²) in [5.41, 5.74) is 5.94. The summed E-state index contributed by atoms with van der Waals surface area (Å²) < 4.78 is 11.9. The summed E-state index contributed by atoms with van der Waals surface area (Å²) in [4.78, 5) is 0. The molecule has 2 rings (SSSR count). The second kappa shape index (κ2) is 14.4. The molecule has 2 unspecified atom stereocenters. The zero-order valence-electron chi connectivity index (χ0n) is 17.6. The zero-order valence-corrected chi connectivity index (χ0v) is 17.6. The van der Waals surface area contributed by atoms with E-state index < -0.39 is 0 Å². The van der Waals surface area contributed by atoms with E-state index in [9.17, 15) is 0 Å². The predicted octanol–water partition coefficient (Wildman–Crippen LogP) is 6.42. The number of hydrogen-bond donors (Lipinski definition) is 1. The third kappa shape index (κ3) is 9.91. The van der Waals surface area contributed by atoms with Crippen molar-refractivity contribution >= 4 is 0 Å². The van der Waals surface area contributed by atoms with Gasteiger partial charge >= 0.3 is 0 Å². The van der Waals surface area contributed by atoms with Crippen molar-refractivity contribution in [1.29, 1.82) is 0 Å². The van der Waals surface area contributed by atoms with E-state index in [0.717, 1.165) is 25.7 Å². The largest absolute Gasteiger partial charge is 0.347 e. The highest BCUT2D eigenvalue weighted by atomic mass is 16.7. The van der Waals surface area contributed by atoms with Gasteiger partial charge in [-0.2, -0.15) is 0 Å². The molecular formula is C24H43NO2. The highest BCUT2D eigenvalue weighted by Crippen LogP contribution is 2.33. The van der Waals surface area contributed by atoms with E-state index in [0.29, 0.717) is 0 Å². The van der Waals surface area contributed by atoms with Gasteiger partial charge < -0.3 is 15.2 Å². The van der Waals surface area contributed by atoms with Gasteiger partial charge in [-0.05, 0) is 57.8 Å². The van der Waals surface area contributed by atoms with Gasteiger partial charge in [-0.3, -0.25) is 0 Å². The molecular weight excluding hydrogens is 334 g/mol. The van der Waals surface area contributed by atoms with Gasteiger partial charge in [0.05, 0.1) is 12.2 Å². The summed E-state index contributed by atoms with van der Waals surface area (Å²) in [5, 5.41) is 0. The Balaban J connectivity index is 1.31. The van der Waals surface area contributed by atoms with Crippen LogP contribution in [0.4, 0.5) is 0 Å². The van der Waals surface area contributed by atoms with Crippen molar-refractivity contribution in [3.63, 3.8) is 0 Å². The molecule has 1 saturated heterocycles. The van der Waals surface area contributed by atoms with Gasteiger partial charge in [0.15, 0.2) is 6.29 Å². The number of fused-ring (bicyclic) bond motifs is 1. The summed E-state index contributed by atoms with van der Waals surface area (Å²) in [5.74, 6) is 0. The first-order chi connectivity index (χ1) is 13.3. The third-order valence-corrected chi connectivity index (χ3v) is 5.78. The van der Waals surface area contributed by atoms with Crippen LogP contribution in [0, 0.1) is 0 Å². The van der Waals surface area contributed by atoms with Gasteiger partial charge in [0.25, 0.3) is 0 Å². The summed E-state index contributed by atoms with van der Waals surface area (Å²) in [6, 6.07) is 0.280. The number of unbranched alkanes of at least 4 members (excludes halogenated alkanes) is 9. The topological polar surface area (TPSA) is 44.5 Å². The third-order valence-electron chi connectivity index (χ3n) is 5.78. The van der Waals surface area contributed by atoms with Gasteiger partial charge in [-0.25, -0.2) is 0 Å². The Hall–Kier alpha value is -0.640. The Labute approximate surface area is 167 Å². The fourth-order valence-corrected chi connectivity index (χ4v) is 4.14. The fraction of sp³-hybridized carbons (Fsp3) is 0.833. The average molecular weight is 378 g/mol. The van der Waals surface area contributed by atoms with Crippen LogP contribution in [0.3, 0.4) is 0 Å². The van der Waals surface area contributed by atoms with E-state index in [1.54, 1.807) is 0 Å². The lowest BCUT2D eigenvalue weighted by atomic mass is 10.1. The Morgan fingerprint density at radius 1 is 0.741 bits per heavy atom. The molecule has 2 atom stereocenters. The van der Waals surface area contributed by atoms with E-state index in [-0.39, 0.29) is 24.5 Å². The molecule has 2 aliphatic rings. The van der Waals surface area contributed by atoms with Crippen LogP contribution in [-0.2, 0) is 9.47 Å². The maximum Gasteiger partial charge on any atom is 0.158 e. The van der Waals surface area contributed by atoms with E-state index >= 15 is 0 Å². The van der Waals surface area contributed by atoms with Crippen molar-refractivity contribution in [2.24, 2.45) is 5.73 Å². The zero-order chi connectivity index (χ0) is 19.2. The predicted molar refractivity (Wildman–Crippen MR) is 115 cm³/mol. The molecule has 156 valence electrons. The number of hydrogen-bond acceptors (Lipinski definition) is 3. The summed E-state index contributed by atoms with van der Waals surface area (Å²) in [7, 11) is 0. The number of rotatable bonds is 15. The molecule has 0 aromatic heterocycles. The lowest BCUT2D eigenvalue weighted by Gasteiger charge is -2.12. The van der Waals surface area contributed by atoms with Crippen molar-refractivity contribution in [3.05, 3.63) is 24.3 Å². The van der Waals surface area contributed by atoms with Crippen molar-refractivity contribution < 1.29 is 9.47 Å². The van der Waals surface area contributed by atoms with Crippen LogP contribution in [0.5, 0.6) is 0 Å². The van der Waals surface area contributed by atoms with E-state index in [4.69, 9.17) is 15.2 Å². The molecule has 0 aromatic carbocycles. The van der Waals surface area contributed by atoms with Crippen LogP contribution >= 0.6 is 0 Å². The van der Waals surface area contributed by atoms with Crippen LogP contribution in [0.25, 0.3) is 0 Å². The van der Waals surface area contributed by atoms with Crippen LogP contribution in [0.2, 0.25) is 0 Å². The molecule has 0 amide bonds. The molecule has 0 spiro atoms. The molecule has 27 heavy (non-hydrogen) atoms. The second-order valence-corrected chi connectivity index (χ2v) is 8.38. The SMILES string of the molecule is CCCCC/C=C\C/C=C\CCCCCCCCC1OC2CC(N)CC2O1. The number of ether oxygens (including phenoxy) is 2. The Kier molecular flexibility index (Phi) is 12.1. The summed E-state index contributed by atoms with van der Waals surface area (Å²) in [6.07, 6.45) is 28.4. The number of allylic oxidation sites excluding steroid dienone is 4. The maximum atomic E-state index is 5.97. The molecule has 2 fully saturated rings. The highest BCUT2D eigenvalue weighted by Gasteiger charge is 2.42. The Morgan fingerprint density at radius 3 is 1.93 bits per heavy atom. The minimum Gasteiger partial charge on any atom is -0.347 e. The molecule has 3 heteroatoms. The van der Waals surface area contributed by atoms with Crippen molar-refractivity contribution in [2.75, 3.05) is 0 Å². The molecule has 1 aliphatic heterocycles. The average Bonchev–Trinajstić information content (AvgIpc) is 3.18. The summed E-state index contributed by atoms with van der Waals surface area (Å²) >= 11 is 0. The first kappa shape index (κ1) is 22.6. The van der Waals surface area contributed by atoms with E-state index in [2.05, 4.69) is 31.2 Å². The monoisotopic (exact) mass is 377 g/mol. The molecule has 1 saturated carbocycles. The molecule has 1 heterocycles. The highest BCUT2D eigenvalue weighted by molar-refractivity contribution is 4.93.